The largest absolute Gasteiger partial charge is 0.261 e. The molecule has 2 aromatic heterocycles. The second-order valence-electron chi connectivity index (χ2n) is 17.5. The van der Waals surface area contributed by atoms with Gasteiger partial charge in [0.05, 0.1) is 11.9 Å². The van der Waals surface area contributed by atoms with Gasteiger partial charge in [-0.25, -0.2) is 15.0 Å². The summed E-state index contributed by atoms with van der Waals surface area (Å²) in [5.74, 6) is 3.22. The molecule has 0 unspecified atom stereocenters. The summed E-state index contributed by atoms with van der Waals surface area (Å²) in [6.45, 7) is 6.99. The summed E-state index contributed by atoms with van der Waals surface area (Å²) in [7, 11) is 0. The molecule has 0 radical (unpaired) electrons. The maximum Gasteiger partial charge on any atom is 0.164 e. The van der Waals surface area contributed by atoms with Crippen LogP contribution in [0.25, 0.3) is 67.7 Å². The summed E-state index contributed by atoms with van der Waals surface area (Å²) < 4.78 is 0. The van der Waals surface area contributed by atoms with Gasteiger partial charge in [0.15, 0.2) is 17.5 Å². The fourth-order valence-electron chi connectivity index (χ4n) is 9.03. The molecule has 0 saturated heterocycles. The van der Waals surface area contributed by atoms with Gasteiger partial charge in [-0.2, -0.15) is 0 Å². The molecule has 9 rings (SSSR count). The molecule has 5 nitrogen and oxygen atoms in total. The fraction of sp³-hybridized carbons (Fsp3) is 0.302. The Morgan fingerprint density at radius 2 is 0.914 bits per heavy atom. The van der Waals surface area contributed by atoms with Crippen LogP contribution in [-0.4, -0.2) is 24.9 Å². The summed E-state index contributed by atoms with van der Waals surface area (Å²) in [5, 5.41) is 0. The van der Waals surface area contributed by atoms with Crippen molar-refractivity contribution in [1.82, 2.24) is 24.9 Å². The minimum absolute atomic E-state index is 0.0247. The number of hydrogen-bond acceptors (Lipinski definition) is 5. The number of rotatable bonds is 8. The van der Waals surface area contributed by atoms with Crippen LogP contribution < -0.4 is 0 Å². The van der Waals surface area contributed by atoms with E-state index in [0.717, 1.165) is 33.5 Å². The van der Waals surface area contributed by atoms with Gasteiger partial charge in [0.2, 0.25) is 0 Å². The van der Waals surface area contributed by atoms with Crippen molar-refractivity contribution >= 4 is 0 Å². The van der Waals surface area contributed by atoms with Crippen molar-refractivity contribution in [2.24, 2.45) is 0 Å². The Bertz CT molecular complexity index is 2470. The lowest BCUT2D eigenvalue weighted by molar-refractivity contribution is 0.435. The minimum atomic E-state index is -0.0247. The first kappa shape index (κ1) is 37.7. The van der Waals surface area contributed by atoms with E-state index in [1.54, 1.807) is 29.7 Å². The van der Waals surface area contributed by atoms with E-state index in [1.807, 2.05) is 36.4 Å². The van der Waals surface area contributed by atoms with Crippen LogP contribution in [0.5, 0.6) is 0 Å². The predicted octanol–water partition coefficient (Wildman–Crippen LogP) is 14.1. The van der Waals surface area contributed by atoms with E-state index in [-0.39, 0.29) is 5.41 Å². The van der Waals surface area contributed by atoms with E-state index in [0.29, 0.717) is 29.3 Å². The van der Waals surface area contributed by atoms with Crippen LogP contribution in [0.2, 0.25) is 0 Å². The molecule has 0 amide bonds. The first-order valence-electron chi connectivity index (χ1n) is 21.4. The molecule has 2 heterocycles. The third-order valence-electron chi connectivity index (χ3n) is 12.4. The summed E-state index contributed by atoms with van der Waals surface area (Å²) >= 11 is 0. The topological polar surface area (TPSA) is 64.5 Å². The van der Waals surface area contributed by atoms with Gasteiger partial charge in [-0.3, -0.25) is 9.97 Å². The van der Waals surface area contributed by atoms with Crippen LogP contribution >= 0.6 is 0 Å². The molecule has 0 atom stereocenters. The molecule has 7 aromatic rings. The Kier molecular flexibility index (Phi) is 10.8. The monoisotopic (exact) mass is 759 g/mol. The molecule has 2 saturated carbocycles. The number of benzene rings is 5. The van der Waals surface area contributed by atoms with Crippen molar-refractivity contribution in [2.75, 3.05) is 0 Å². The highest BCUT2D eigenvalue weighted by atomic mass is 15.0. The highest BCUT2D eigenvalue weighted by Gasteiger charge is 2.23. The van der Waals surface area contributed by atoms with Crippen LogP contribution in [0.4, 0.5) is 0 Å². The first-order chi connectivity index (χ1) is 28.3. The average Bonchev–Trinajstić information content (AvgIpc) is 3.29. The van der Waals surface area contributed by atoms with E-state index >= 15 is 0 Å². The predicted molar refractivity (Wildman–Crippen MR) is 238 cm³/mol. The number of aromatic nitrogens is 5. The van der Waals surface area contributed by atoms with Crippen molar-refractivity contribution in [1.29, 1.82) is 0 Å². The molecule has 0 bridgehead atoms. The van der Waals surface area contributed by atoms with E-state index in [1.165, 1.54) is 86.5 Å². The summed E-state index contributed by atoms with van der Waals surface area (Å²) in [6, 6.07) is 42.1. The van der Waals surface area contributed by atoms with E-state index < -0.39 is 0 Å². The Morgan fingerprint density at radius 3 is 1.48 bits per heavy atom. The van der Waals surface area contributed by atoms with Crippen molar-refractivity contribution in [3.63, 3.8) is 0 Å². The van der Waals surface area contributed by atoms with Gasteiger partial charge in [0.1, 0.15) is 0 Å². The standard InChI is InChI=1S/C53H53N5/c1-53(2,3)48-33-46(32-47(34-48)45-30-43(36-15-7-4-8-16-36)29-44(31-45)37-17-9-5-10-18-37)39-21-13-23-41(27-39)51-56-50(38-19-11-6-12-20-38)57-52(58-51)42-24-14-22-40(28-42)49-35-54-25-26-55-49/h6,11-14,19-37H,4-5,7-10,15-18H2,1-3H3. The zero-order valence-electron chi connectivity index (χ0n) is 34.2. The van der Waals surface area contributed by atoms with E-state index in [2.05, 4.69) is 110 Å². The van der Waals surface area contributed by atoms with Gasteiger partial charge in [-0.05, 0) is 100 Å². The third kappa shape index (κ3) is 8.41. The van der Waals surface area contributed by atoms with Gasteiger partial charge in [-0.15, -0.1) is 0 Å². The quantitative estimate of drug-likeness (QED) is 0.154. The van der Waals surface area contributed by atoms with Crippen LogP contribution in [0.15, 0.2) is 134 Å². The molecule has 0 spiro atoms. The zero-order valence-corrected chi connectivity index (χ0v) is 34.2. The van der Waals surface area contributed by atoms with Crippen molar-refractivity contribution < 1.29 is 0 Å². The maximum atomic E-state index is 5.14. The zero-order chi connectivity index (χ0) is 39.5. The Labute approximate surface area is 344 Å². The molecule has 58 heavy (non-hydrogen) atoms. The number of nitrogens with zero attached hydrogens (tertiary/aromatic N) is 5. The van der Waals surface area contributed by atoms with Gasteiger partial charge >= 0.3 is 0 Å². The first-order valence-corrected chi connectivity index (χ1v) is 21.4. The molecule has 2 fully saturated rings. The maximum absolute atomic E-state index is 5.14. The van der Waals surface area contributed by atoms with E-state index in [9.17, 15) is 0 Å². The van der Waals surface area contributed by atoms with Gasteiger partial charge in [0, 0.05) is 34.6 Å². The lowest BCUT2D eigenvalue weighted by atomic mass is 9.78. The SMILES string of the molecule is CC(C)(C)c1cc(-c2cccc(-c3nc(-c4ccccc4)nc(-c4cccc(-c5cnccn5)c4)n3)c2)cc(-c2cc(C3CCCCC3)cc(C3CCCCC3)c2)c1. The normalized spacial score (nSPS) is 15.4. The van der Waals surface area contributed by atoms with E-state index in [4.69, 9.17) is 15.0 Å². The van der Waals surface area contributed by atoms with Crippen LogP contribution in [-0.2, 0) is 5.41 Å². The highest BCUT2D eigenvalue weighted by Crippen LogP contribution is 2.42. The molecule has 2 aliphatic carbocycles. The van der Waals surface area contributed by atoms with Gasteiger partial charge in [0.25, 0.3) is 0 Å². The van der Waals surface area contributed by atoms with Crippen LogP contribution in [0.3, 0.4) is 0 Å². The Balaban J connectivity index is 1.15. The molecule has 5 aromatic carbocycles. The van der Waals surface area contributed by atoms with Crippen LogP contribution in [0, 0.1) is 0 Å². The van der Waals surface area contributed by atoms with Crippen molar-refractivity contribution in [3.05, 3.63) is 151 Å². The lowest BCUT2D eigenvalue weighted by Gasteiger charge is -2.27. The molecular weight excluding hydrogens is 707 g/mol. The third-order valence-corrected chi connectivity index (χ3v) is 12.4. The Hall–Kier alpha value is -5.81. The lowest BCUT2D eigenvalue weighted by Crippen LogP contribution is -2.11. The van der Waals surface area contributed by atoms with Crippen molar-refractivity contribution in [3.8, 4) is 67.7 Å². The second-order valence-corrected chi connectivity index (χ2v) is 17.5. The van der Waals surface area contributed by atoms with Crippen molar-refractivity contribution in [2.45, 2.75) is 102 Å². The molecule has 290 valence electrons. The van der Waals surface area contributed by atoms with Gasteiger partial charge in [-0.1, -0.05) is 156 Å². The van der Waals surface area contributed by atoms with Gasteiger partial charge < -0.3 is 0 Å². The highest BCUT2D eigenvalue weighted by molar-refractivity contribution is 5.78. The second kappa shape index (κ2) is 16.6. The Morgan fingerprint density at radius 1 is 0.431 bits per heavy atom. The number of hydrogen-bond donors (Lipinski definition) is 0. The summed E-state index contributed by atoms with van der Waals surface area (Å²) in [5.41, 5.74) is 14.0. The average molecular weight is 760 g/mol. The molecular formula is C53H53N5. The summed E-state index contributed by atoms with van der Waals surface area (Å²) in [6.07, 6.45) is 18.6. The van der Waals surface area contributed by atoms with Crippen LogP contribution in [0.1, 0.15) is 114 Å². The molecule has 5 heteroatoms. The molecule has 2 aliphatic rings. The molecule has 0 N–H and O–H groups in total. The molecule has 0 aliphatic heterocycles. The fourth-order valence-corrected chi connectivity index (χ4v) is 9.03. The summed E-state index contributed by atoms with van der Waals surface area (Å²) in [4.78, 5) is 24.1. The smallest absolute Gasteiger partial charge is 0.164 e. The minimum Gasteiger partial charge on any atom is -0.261 e.